The largest absolute Gasteiger partial charge is 0.392 e. The molecule has 1 heteroatoms. The van der Waals surface area contributed by atoms with Gasteiger partial charge in [-0.3, -0.25) is 0 Å². The fraction of sp³-hybridized carbons (Fsp3) is 0.800. The third kappa shape index (κ3) is 6.11. The molecule has 0 aliphatic rings. The second kappa shape index (κ2) is 7.80. The van der Waals surface area contributed by atoms with Crippen LogP contribution in [0.2, 0.25) is 0 Å². The topological polar surface area (TPSA) is 20.2 Å². The van der Waals surface area contributed by atoms with Crippen LogP contribution in [-0.2, 0) is 0 Å². The standard InChI is InChI=1S/C10H20O/c1-3-5-7-10(6-4-2)8-9-11/h8,11H,3-7,9H2,1-2H3. The minimum Gasteiger partial charge on any atom is -0.392 e. The molecule has 1 nitrogen and oxygen atoms in total. The van der Waals surface area contributed by atoms with E-state index in [1.54, 1.807) is 0 Å². The molecule has 0 saturated carbocycles. The molecule has 0 aromatic carbocycles. The van der Waals surface area contributed by atoms with Gasteiger partial charge in [0.2, 0.25) is 0 Å². The average molecular weight is 156 g/mol. The van der Waals surface area contributed by atoms with Crippen LogP contribution < -0.4 is 0 Å². The van der Waals surface area contributed by atoms with E-state index in [9.17, 15) is 0 Å². The summed E-state index contributed by atoms with van der Waals surface area (Å²) in [5.41, 5.74) is 1.43. The number of aliphatic hydroxyl groups excluding tert-OH is 1. The van der Waals surface area contributed by atoms with Crippen molar-refractivity contribution >= 4 is 0 Å². The summed E-state index contributed by atoms with van der Waals surface area (Å²) in [5.74, 6) is 0. The van der Waals surface area contributed by atoms with E-state index >= 15 is 0 Å². The van der Waals surface area contributed by atoms with E-state index in [2.05, 4.69) is 13.8 Å². The molecule has 0 aliphatic carbocycles. The number of allylic oxidation sites excluding steroid dienone is 1. The summed E-state index contributed by atoms with van der Waals surface area (Å²) >= 11 is 0. The van der Waals surface area contributed by atoms with Crippen molar-refractivity contribution < 1.29 is 5.11 Å². The summed E-state index contributed by atoms with van der Waals surface area (Å²) in [5, 5.41) is 8.69. The number of rotatable bonds is 6. The Morgan fingerprint density at radius 1 is 1.18 bits per heavy atom. The van der Waals surface area contributed by atoms with Crippen molar-refractivity contribution in [2.45, 2.75) is 46.0 Å². The highest BCUT2D eigenvalue weighted by molar-refractivity contribution is 5.01. The molecule has 0 aliphatic heterocycles. The number of aliphatic hydroxyl groups is 1. The molecule has 0 atom stereocenters. The average Bonchev–Trinajstić information content (AvgIpc) is 2.01. The lowest BCUT2D eigenvalue weighted by atomic mass is 10.0. The van der Waals surface area contributed by atoms with Crippen LogP contribution in [-0.4, -0.2) is 11.7 Å². The van der Waals surface area contributed by atoms with Gasteiger partial charge in [-0.05, 0) is 19.3 Å². The van der Waals surface area contributed by atoms with E-state index < -0.39 is 0 Å². The first-order valence-corrected chi connectivity index (χ1v) is 4.63. The molecule has 1 N–H and O–H groups in total. The maximum Gasteiger partial charge on any atom is 0.0615 e. The molecular formula is C10H20O. The third-order valence-corrected chi connectivity index (χ3v) is 1.80. The molecular weight excluding hydrogens is 136 g/mol. The van der Waals surface area contributed by atoms with Crippen molar-refractivity contribution in [1.29, 1.82) is 0 Å². The highest BCUT2D eigenvalue weighted by Gasteiger charge is 1.94. The normalized spacial score (nSPS) is 12.1. The summed E-state index contributed by atoms with van der Waals surface area (Å²) in [6.07, 6.45) is 7.97. The first-order valence-electron chi connectivity index (χ1n) is 4.63. The Kier molecular flexibility index (Phi) is 7.59. The SMILES string of the molecule is CCCCC(=CCO)CCC. The molecule has 0 rings (SSSR count). The van der Waals surface area contributed by atoms with Gasteiger partial charge in [-0.1, -0.05) is 38.3 Å². The maximum atomic E-state index is 8.69. The highest BCUT2D eigenvalue weighted by atomic mass is 16.2. The smallest absolute Gasteiger partial charge is 0.0615 e. The van der Waals surface area contributed by atoms with E-state index in [4.69, 9.17) is 5.11 Å². The molecule has 0 aromatic heterocycles. The molecule has 0 bridgehead atoms. The van der Waals surface area contributed by atoms with Gasteiger partial charge in [0.05, 0.1) is 6.61 Å². The van der Waals surface area contributed by atoms with E-state index in [-0.39, 0.29) is 6.61 Å². The van der Waals surface area contributed by atoms with Crippen LogP contribution in [0.15, 0.2) is 11.6 Å². The Morgan fingerprint density at radius 3 is 2.36 bits per heavy atom. The van der Waals surface area contributed by atoms with Crippen molar-refractivity contribution in [3.8, 4) is 0 Å². The molecule has 0 heterocycles. The monoisotopic (exact) mass is 156 g/mol. The van der Waals surface area contributed by atoms with Crippen molar-refractivity contribution in [2.75, 3.05) is 6.61 Å². The Bertz CT molecular complexity index is 105. The second-order valence-electron chi connectivity index (χ2n) is 2.90. The number of hydrogen-bond donors (Lipinski definition) is 1. The molecule has 0 saturated heterocycles. The van der Waals surface area contributed by atoms with Crippen LogP contribution in [0, 0.1) is 0 Å². The Hall–Kier alpha value is -0.300. The summed E-state index contributed by atoms with van der Waals surface area (Å²) in [6.45, 7) is 4.58. The molecule has 66 valence electrons. The van der Waals surface area contributed by atoms with Gasteiger partial charge in [0, 0.05) is 0 Å². The van der Waals surface area contributed by atoms with Crippen LogP contribution in [0.25, 0.3) is 0 Å². The Morgan fingerprint density at radius 2 is 1.91 bits per heavy atom. The van der Waals surface area contributed by atoms with Gasteiger partial charge in [0.15, 0.2) is 0 Å². The summed E-state index contributed by atoms with van der Waals surface area (Å²) < 4.78 is 0. The zero-order valence-corrected chi connectivity index (χ0v) is 7.77. The van der Waals surface area contributed by atoms with E-state index in [0.717, 1.165) is 6.42 Å². The van der Waals surface area contributed by atoms with E-state index in [1.165, 1.54) is 31.3 Å². The van der Waals surface area contributed by atoms with Crippen LogP contribution in [0.4, 0.5) is 0 Å². The van der Waals surface area contributed by atoms with E-state index in [1.807, 2.05) is 6.08 Å². The predicted octanol–water partition coefficient (Wildman–Crippen LogP) is 2.90. The highest BCUT2D eigenvalue weighted by Crippen LogP contribution is 2.12. The summed E-state index contributed by atoms with van der Waals surface area (Å²) in [6, 6.07) is 0. The Labute approximate surface area is 70.1 Å². The molecule has 0 spiro atoms. The maximum absolute atomic E-state index is 8.69. The van der Waals surface area contributed by atoms with Crippen molar-refractivity contribution in [3.05, 3.63) is 11.6 Å². The predicted molar refractivity (Wildman–Crippen MR) is 49.6 cm³/mol. The fourth-order valence-corrected chi connectivity index (χ4v) is 1.18. The number of hydrogen-bond acceptors (Lipinski definition) is 1. The van der Waals surface area contributed by atoms with Gasteiger partial charge in [0.1, 0.15) is 0 Å². The van der Waals surface area contributed by atoms with E-state index in [0.29, 0.717) is 0 Å². The Balaban J connectivity index is 3.60. The van der Waals surface area contributed by atoms with Gasteiger partial charge in [0.25, 0.3) is 0 Å². The van der Waals surface area contributed by atoms with Gasteiger partial charge < -0.3 is 5.11 Å². The van der Waals surface area contributed by atoms with Crippen molar-refractivity contribution in [3.63, 3.8) is 0 Å². The minimum atomic E-state index is 0.207. The third-order valence-electron chi connectivity index (χ3n) is 1.80. The fourth-order valence-electron chi connectivity index (χ4n) is 1.18. The van der Waals surface area contributed by atoms with Gasteiger partial charge in [-0.25, -0.2) is 0 Å². The molecule has 11 heavy (non-hydrogen) atoms. The molecule has 0 aromatic rings. The first-order chi connectivity index (χ1) is 5.35. The molecule has 0 fully saturated rings. The van der Waals surface area contributed by atoms with Crippen molar-refractivity contribution in [2.24, 2.45) is 0 Å². The lowest BCUT2D eigenvalue weighted by Gasteiger charge is -2.03. The van der Waals surface area contributed by atoms with Crippen LogP contribution in [0.3, 0.4) is 0 Å². The lowest BCUT2D eigenvalue weighted by molar-refractivity contribution is 0.341. The summed E-state index contributed by atoms with van der Waals surface area (Å²) in [4.78, 5) is 0. The molecule has 0 radical (unpaired) electrons. The quantitative estimate of drug-likeness (QED) is 0.586. The van der Waals surface area contributed by atoms with Gasteiger partial charge in [-0.2, -0.15) is 0 Å². The van der Waals surface area contributed by atoms with Gasteiger partial charge in [-0.15, -0.1) is 0 Å². The first kappa shape index (κ1) is 10.7. The number of unbranched alkanes of at least 4 members (excludes halogenated alkanes) is 1. The van der Waals surface area contributed by atoms with Crippen LogP contribution >= 0.6 is 0 Å². The van der Waals surface area contributed by atoms with Crippen molar-refractivity contribution in [1.82, 2.24) is 0 Å². The molecule has 0 unspecified atom stereocenters. The lowest BCUT2D eigenvalue weighted by Crippen LogP contribution is -1.86. The zero-order valence-electron chi connectivity index (χ0n) is 7.77. The van der Waals surface area contributed by atoms with Crippen LogP contribution in [0.1, 0.15) is 46.0 Å². The zero-order chi connectivity index (χ0) is 8.53. The minimum absolute atomic E-state index is 0.207. The van der Waals surface area contributed by atoms with Crippen LogP contribution in [0.5, 0.6) is 0 Å². The molecule has 0 amide bonds. The summed E-state index contributed by atoms with van der Waals surface area (Å²) in [7, 11) is 0. The second-order valence-corrected chi connectivity index (χ2v) is 2.90. The van der Waals surface area contributed by atoms with Gasteiger partial charge >= 0.3 is 0 Å².